The van der Waals surface area contributed by atoms with Gasteiger partial charge in [0.2, 0.25) is 0 Å². The third-order valence-corrected chi connectivity index (χ3v) is 4.56. The Morgan fingerprint density at radius 1 is 1.04 bits per heavy atom. The number of benzene rings is 2. The van der Waals surface area contributed by atoms with Crippen molar-refractivity contribution in [2.75, 3.05) is 38.6 Å². The third kappa shape index (κ3) is 3.34. The van der Waals surface area contributed by atoms with Crippen LogP contribution in [0.5, 0.6) is 5.75 Å². The van der Waals surface area contributed by atoms with E-state index in [0.717, 1.165) is 66.0 Å². The molecule has 0 amide bonds. The minimum absolute atomic E-state index is 0.858. The van der Waals surface area contributed by atoms with Crippen molar-refractivity contribution in [1.82, 2.24) is 4.90 Å². The molecule has 0 bridgehead atoms. The van der Waals surface area contributed by atoms with Crippen molar-refractivity contribution in [2.24, 2.45) is 0 Å². The van der Waals surface area contributed by atoms with Gasteiger partial charge in [-0.1, -0.05) is 32.0 Å². The van der Waals surface area contributed by atoms with Crippen molar-refractivity contribution in [1.29, 1.82) is 0 Å². The second-order valence-corrected chi connectivity index (χ2v) is 5.95. The first-order valence-electron chi connectivity index (χ1n) is 8.72. The Morgan fingerprint density at radius 3 is 2.58 bits per heavy atom. The molecule has 0 atom stereocenters. The lowest BCUT2D eigenvalue weighted by atomic mass is 10.1. The van der Waals surface area contributed by atoms with Gasteiger partial charge in [-0.25, -0.2) is 0 Å². The smallest absolute Gasteiger partial charge is 0.142 e. The molecule has 0 spiro atoms. The molecule has 128 valence electrons. The van der Waals surface area contributed by atoms with Gasteiger partial charge in [0, 0.05) is 23.4 Å². The fourth-order valence-electron chi connectivity index (χ4n) is 3.12. The zero-order chi connectivity index (χ0) is 16.9. The first-order valence-corrected chi connectivity index (χ1v) is 8.72. The number of furan rings is 1. The van der Waals surface area contributed by atoms with E-state index in [1.165, 1.54) is 0 Å². The van der Waals surface area contributed by atoms with E-state index in [1.807, 2.05) is 24.3 Å². The number of rotatable bonds is 8. The zero-order valence-electron chi connectivity index (χ0n) is 14.8. The highest BCUT2D eigenvalue weighted by atomic mass is 16.5. The van der Waals surface area contributed by atoms with Crippen LogP contribution in [0.1, 0.15) is 20.3 Å². The van der Waals surface area contributed by atoms with Gasteiger partial charge in [0.1, 0.15) is 16.9 Å². The second-order valence-electron chi connectivity index (χ2n) is 5.95. The molecule has 0 aliphatic heterocycles. The topological polar surface area (TPSA) is 37.6 Å². The molecule has 0 saturated heterocycles. The first kappa shape index (κ1) is 16.7. The van der Waals surface area contributed by atoms with Crippen LogP contribution in [0.2, 0.25) is 0 Å². The largest absolute Gasteiger partial charge is 0.495 e. The van der Waals surface area contributed by atoms with Crippen molar-refractivity contribution in [3.8, 4) is 5.75 Å². The van der Waals surface area contributed by atoms with Crippen LogP contribution < -0.4 is 10.1 Å². The second kappa shape index (κ2) is 7.58. The molecule has 1 N–H and O–H groups in total. The summed E-state index contributed by atoms with van der Waals surface area (Å²) in [5.41, 5.74) is 2.79. The predicted molar refractivity (Wildman–Crippen MR) is 101 cm³/mol. The quantitative estimate of drug-likeness (QED) is 0.607. The van der Waals surface area contributed by atoms with E-state index in [4.69, 9.17) is 9.15 Å². The summed E-state index contributed by atoms with van der Waals surface area (Å²) in [6.07, 6.45) is 1.10. The van der Waals surface area contributed by atoms with Gasteiger partial charge in [-0.3, -0.25) is 0 Å². The summed E-state index contributed by atoms with van der Waals surface area (Å²) in [4.78, 5) is 2.43. The maximum absolute atomic E-state index is 5.97. The van der Waals surface area contributed by atoms with Crippen LogP contribution in [0.4, 0.5) is 5.69 Å². The van der Waals surface area contributed by atoms with Crippen LogP contribution in [0.3, 0.4) is 0 Å². The monoisotopic (exact) mass is 326 g/mol. The molecular weight excluding hydrogens is 300 g/mol. The summed E-state index contributed by atoms with van der Waals surface area (Å²) in [6, 6.07) is 12.2. The van der Waals surface area contributed by atoms with Gasteiger partial charge in [0.05, 0.1) is 12.8 Å². The number of anilines is 1. The summed E-state index contributed by atoms with van der Waals surface area (Å²) in [5, 5.41) is 5.71. The summed E-state index contributed by atoms with van der Waals surface area (Å²) in [6.45, 7) is 8.63. The van der Waals surface area contributed by atoms with Crippen molar-refractivity contribution in [3.05, 3.63) is 36.4 Å². The summed E-state index contributed by atoms with van der Waals surface area (Å²) < 4.78 is 11.5. The van der Waals surface area contributed by atoms with Crippen molar-refractivity contribution in [2.45, 2.75) is 20.3 Å². The summed E-state index contributed by atoms with van der Waals surface area (Å²) in [5.74, 6) is 0.858. The highest BCUT2D eigenvalue weighted by Gasteiger charge is 2.11. The van der Waals surface area contributed by atoms with Gasteiger partial charge in [0.15, 0.2) is 0 Å². The zero-order valence-corrected chi connectivity index (χ0v) is 14.8. The van der Waals surface area contributed by atoms with Gasteiger partial charge >= 0.3 is 0 Å². The molecule has 3 aromatic rings. The fraction of sp³-hybridized carbons (Fsp3) is 0.400. The van der Waals surface area contributed by atoms with Gasteiger partial charge in [-0.05, 0) is 38.2 Å². The van der Waals surface area contributed by atoms with Crippen molar-refractivity contribution >= 4 is 27.6 Å². The minimum Gasteiger partial charge on any atom is -0.495 e. The predicted octanol–water partition coefficient (Wildman–Crippen LogP) is 4.74. The Morgan fingerprint density at radius 2 is 1.83 bits per heavy atom. The molecule has 0 radical (unpaired) electrons. The third-order valence-electron chi connectivity index (χ3n) is 4.56. The molecule has 3 rings (SSSR count). The van der Waals surface area contributed by atoms with Crippen molar-refractivity contribution in [3.63, 3.8) is 0 Å². The molecule has 0 fully saturated rings. The van der Waals surface area contributed by atoms with Crippen LogP contribution in [0, 0.1) is 0 Å². The lowest BCUT2D eigenvalue weighted by Crippen LogP contribution is -2.25. The number of nitrogens with zero attached hydrogens (tertiary/aromatic N) is 1. The molecule has 24 heavy (non-hydrogen) atoms. The number of ether oxygens (including phenoxy) is 1. The normalized spacial score (nSPS) is 11.5. The number of para-hydroxylation sites is 1. The number of nitrogens with one attached hydrogen (secondary N) is 1. The highest BCUT2D eigenvalue weighted by Crippen LogP contribution is 2.36. The molecule has 4 nitrogen and oxygen atoms in total. The molecule has 0 saturated carbocycles. The van der Waals surface area contributed by atoms with Gasteiger partial charge in [-0.2, -0.15) is 0 Å². The minimum atomic E-state index is 0.858. The molecule has 1 aromatic heterocycles. The van der Waals surface area contributed by atoms with Gasteiger partial charge in [-0.15, -0.1) is 0 Å². The van der Waals surface area contributed by atoms with E-state index in [1.54, 1.807) is 7.11 Å². The average Bonchev–Trinajstić information content (AvgIpc) is 2.98. The van der Waals surface area contributed by atoms with E-state index in [9.17, 15) is 0 Å². The SMILES string of the molecule is CCN(CC)CCCNc1cc2oc3ccccc3c2cc1OC. The first-order chi connectivity index (χ1) is 11.8. The summed E-state index contributed by atoms with van der Waals surface area (Å²) >= 11 is 0. The van der Waals surface area contributed by atoms with Crippen LogP contribution >= 0.6 is 0 Å². The summed E-state index contributed by atoms with van der Waals surface area (Å²) in [7, 11) is 1.71. The molecule has 0 aliphatic rings. The number of hydrogen-bond acceptors (Lipinski definition) is 4. The molecule has 0 unspecified atom stereocenters. The number of fused-ring (bicyclic) bond motifs is 3. The lowest BCUT2D eigenvalue weighted by molar-refractivity contribution is 0.303. The fourth-order valence-corrected chi connectivity index (χ4v) is 3.12. The average molecular weight is 326 g/mol. The van der Waals surface area contributed by atoms with E-state index in [0.29, 0.717) is 0 Å². The van der Waals surface area contributed by atoms with Gasteiger partial charge < -0.3 is 19.4 Å². The molecular formula is C20H26N2O2. The Balaban J connectivity index is 1.78. The lowest BCUT2D eigenvalue weighted by Gasteiger charge is -2.18. The number of methoxy groups -OCH3 is 1. The van der Waals surface area contributed by atoms with Gasteiger partial charge in [0.25, 0.3) is 0 Å². The molecule has 2 aromatic carbocycles. The van der Waals surface area contributed by atoms with E-state index < -0.39 is 0 Å². The standard InChI is InChI=1S/C20H26N2O2/c1-4-22(5-2)12-8-11-21-17-14-19-16(13-20(17)23-3)15-9-6-7-10-18(15)24-19/h6-7,9-10,13-14,21H,4-5,8,11-12H2,1-3H3. The molecule has 1 heterocycles. The Labute approximate surface area is 143 Å². The van der Waals surface area contributed by atoms with E-state index in [-0.39, 0.29) is 0 Å². The molecule has 0 aliphatic carbocycles. The Bertz CT molecular complexity index is 806. The van der Waals surface area contributed by atoms with Crippen molar-refractivity contribution < 1.29 is 9.15 Å². The molecule has 4 heteroatoms. The van der Waals surface area contributed by atoms with E-state index >= 15 is 0 Å². The van der Waals surface area contributed by atoms with Crippen LogP contribution in [0.25, 0.3) is 21.9 Å². The van der Waals surface area contributed by atoms with Crippen LogP contribution in [0.15, 0.2) is 40.8 Å². The maximum Gasteiger partial charge on any atom is 0.142 e. The van der Waals surface area contributed by atoms with Crippen LogP contribution in [-0.2, 0) is 0 Å². The highest BCUT2D eigenvalue weighted by molar-refractivity contribution is 6.06. The Kier molecular flexibility index (Phi) is 5.26. The Hall–Kier alpha value is -2.20. The van der Waals surface area contributed by atoms with E-state index in [2.05, 4.69) is 36.2 Å². The van der Waals surface area contributed by atoms with Crippen LogP contribution in [-0.4, -0.2) is 38.2 Å². The number of hydrogen-bond donors (Lipinski definition) is 1. The maximum atomic E-state index is 5.97.